The first-order valence-corrected chi connectivity index (χ1v) is 6.16. The van der Waals surface area contributed by atoms with Gasteiger partial charge in [-0.2, -0.15) is 0 Å². The number of rotatable bonds is 3. The largest absolute Gasteiger partial charge is 0.481 e. The highest BCUT2D eigenvalue weighted by Crippen LogP contribution is 2.23. The van der Waals surface area contributed by atoms with E-state index < -0.39 is 11.9 Å². The first-order valence-electron chi connectivity index (χ1n) is 6.16. The van der Waals surface area contributed by atoms with Crippen LogP contribution in [0.4, 0.5) is 0 Å². The Morgan fingerprint density at radius 1 is 1.33 bits per heavy atom. The van der Waals surface area contributed by atoms with Gasteiger partial charge in [-0.25, -0.2) is 0 Å². The van der Waals surface area contributed by atoms with Crippen molar-refractivity contribution in [1.82, 2.24) is 4.90 Å². The quantitative estimate of drug-likeness (QED) is 0.884. The van der Waals surface area contributed by atoms with Crippen LogP contribution in [0.5, 0.6) is 0 Å². The number of carbonyl (C=O) groups excluding carboxylic acids is 1. The summed E-state index contributed by atoms with van der Waals surface area (Å²) in [4.78, 5) is 24.8. The van der Waals surface area contributed by atoms with Gasteiger partial charge in [0.15, 0.2) is 0 Å². The van der Waals surface area contributed by atoms with Gasteiger partial charge in [0, 0.05) is 13.1 Å². The third-order valence-corrected chi connectivity index (χ3v) is 3.52. The number of benzene rings is 1. The van der Waals surface area contributed by atoms with Crippen LogP contribution in [0.25, 0.3) is 0 Å². The van der Waals surface area contributed by atoms with E-state index in [-0.39, 0.29) is 11.8 Å². The lowest BCUT2D eigenvalue weighted by Gasteiger charge is -2.20. The maximum atomic E-state index is 12.2. The molecule has 18 heavy (non-hydrogen) atoms. The molecule has 0 bridgehead atoms. The summed E-state index contributed by atoms with van der Waals surface area (Å²) in [6.45, 7) is 2.75. The van der Waals surface area contributed by atoms with E-state index in [0.717, 1.165) is 5.56 Å². The molecule has 1 heterocycles. The van der Waals surface area contributed by atoms with Crippen LogP contribution in [0, 0.1) is 5.92 Å². The van der Waals surface area contributed by atoms with Crippen molar-refractivity contribution in [3.05, 3.63) is 35.9 Å². The smallest absolute Gasteiger partial charge is 0.308 e. The Morgan fingerprint density at radius 2 is 2.00 bits per heavy atom. The molecule has 1 N–H and O–H groups in total. The van der Waals surface area contributed by atoms with Crippen LogP contribution in [0.2, 0.25) is 0 Å². The van der Waals surface area contributed by atoms with E-state index >= 15 is 0 Å². The highest BCUT2D eigenvalue weighted by Gasteiger charge is 2.32. The predicted molar refractivity (Wildman–Crippen MR) is 67.2 cm³/mol. The molecule has 1 fully saturated rings. The molecular weight excluding hydrogens is 230 g/mol. The Balaban J connectivity index is 2.02. The fourth-order valence-corrected chi connectivity index (χ4v) is 2.32. The van der Waals surface area contributed by atoms with E-state index in [9.17, 15) is 9.59 Å². The lowest BCUT2D eigenvalue weighted by molar-refractivity contribution is -0.141. The fraction of sp³-hybridized carbons (Fsp3) is 0.429. The third kappa shape index (κ3) is 2.53. The zero-order chi connectivity index (χ0) is 13.1. The van der Waals surface area contributed by atoms with Crippen LogP contribution >= 0.6 is 0 Å². The number of amides is 1. The third-order valence-electron chi connectivity index (χ3n) is 3.52. The minimum absolute atomic E-state index is 0.0185. The molecule has 96 valence electrons. The van der Waals surface area contributed by atoms with Gasteiger partial charge in [-0.3, -0.25) is 9.59 Å². The SMILES string of the molecule is C[C@H](C(=O)N1CCC(C(=O)O)C1)c1ccccc1. The lowest BCUT2D eigenvalue weighted by Crippen LogP contribution is -2.33. The number of carbonyl (C=O) groups is 2. The summed E-state index contributed by atoms with van der Waals surface area (Å²) in [5, 5.41) is 8.93. The molecule has 2 atom stereocenters. The van der Waals surface area contributed by atoms with Crippen LogP contribution in [-0.4, -0.2) is 35.0 Å². The molecule has 0 spiro atoms. The Bertz CT molecular complexity index is 444. The molecule has 4 nitrogen and oxygen atoms in total. The van der Waals surface area contributed by atoms with Crippen molar-refractivity contribution in [3.63, 3.8) is 0 Å². The average molecular weight is 247 g/mol. The Kier molecular flexibility index (Phi) is 3.65. The van der Waals surface area contributed by atoms with E-state index in [4.69, 9.17) is 5.11 Å². The molecule has 1 aromatic carbocycles. The second-order valence-corrected chi connectivity index (χ2v) is 4.74. The molecule has 1 amide bonds. The number of likely N-dealkylation sites (tertiary alicyclic amines) is 1. The van der Waals surface area contributed by atoms with Crippen molar-refractivity contribution < 1.29 is 14.7 Å². The summed E-state index contributed by atoms with van der Waals surface area (Å²) in [5.41, 5.74) is 0.973. The minimum Gasteiger partial charge on any atom is -0.481 e. The number of nitrogens with zero attached hydrogens (tertiary/aromatic N) is 1. The molecule has 1 unspecified atom stereocenters. The second-order valence-electron chi connectivity index (χ2n) is 4.74. The van der Waals surface area contributed by atoms with E-state index in [2.05, 4.69) is 0 Å². The maximum absolute atomic E-state index is 12.2. The molecule has 2 rings (SSSR count). The van der Waals surface area contributed by atoms with Gasteiger partial charge in [0.05, 0.1) is 11.8 Å². The number of aliphatic carboxylic acids is 1. The molecule has 0 radical (unpaired) electrons. The van der Waals surface area contributed by atoms with Gasteiger partial charge in [0.1, 0.15) is 0 Å². The Hall–Kier alpha value is -1.84. The summed E-state index contributed by atoms with van der Waals surface area (Å²) in [6, 6.07) is 9.57. The average Bonchev–Trinajstić information content (AvgIpc) is 2.88. The zero-order valence-electron chi connectivity index (χ0n) is 10.4. The Labute approximate surface area is 106 Å². The molecule has 0 aliphatic carbocycles. The van der Waals surface area contributed by atoms with E-state index in [1.165, 1.54) is 0 Å². The summed E-state index contributed by atoms with van der Waals surface area (Å²) in [7, 11) is 0. The number of hydrogen-bond donors (Lipinski definition) is 1. The van der Waals surface area contributed by atoms with Gasteiger partial charge in [0.2, 0.25) is 5.91 Å². The summed E-state index contributed by atoms with van der Waals surface area (Å²) in [6.07, 6.45) is 0.558. The van der Waals surface area contributed by atoms with E-state index in [1.807, 2.05) is 37.3 Å². The number of carboxylic acid groups (broad SMARTS) is 1. The first-order chi connectivity index (χ1) is 8.59. The van der Waals surface area contributed by atoms with Crippen molar-refractivity contribution in [2.24, 2.45) is 5.92 Å². The zero-order valence-corrected chi connectivity index (χ0v) is 10.4. The van der Waals surface area contributed by atoms with Gasteiger partial charge in [-0.05, 0) is 18.9 Å². The van der Waals surface area contributed by atoms with Gasteiger partial charge >= 0.3 is 5.97 Å². The summed E-state index contributed by atoms with van der Waals surface area (Å²) < 4.78 is 0. The predicted octanol–water partition coefficient (Wildman–Crippen LogP) is 1.72. The van der Waals surface area contributed by atoms with Crippen LogP contribution in [0.1, 0.15) is 24.8 Å². The summed E-state index contributed by atoms with van der Waals surface area (Å²) in [5.74, 6) is -1.40. The van der Waals surface area contributed by atoms with E-state index in [1.54, 1.807) is 4.90 Å². The molecule has 0 saturated carbocycles. The molecule has 1 aliphatic heterocycles. The first kappa shape index (κ1) is 12.6. The normalized spacial score (nSPS) is 20.7. The fourth-order valence-electron chi connectivity index (χ4n) is 2.32. The van der Waals surface area contributed by atoms with Gasteiger partial charge < -0.3 is 10.0 Å². The lowest BCUT2D eigenvalue weighted by atomic mass is 10.00. The van der Waals surface area contributed by atoms with Crippen molar-refractivity contribution in [2.75, 3.05) is 13.1 Å². The van der Waals surface area contributed by atoms with Crippen molar-refractivity contribution in [1.29, 1.82) is 0 Å². The van der Waals surface area contributed by atoms with Crippen molar-refractivity contribution in [3.8, 4) is 0 Å². The topological polar surface area (TPSA) is 57.6 Å². The monoisotopic (exact) mass is 247 g/mol. The highest BCUT2D eigenvalue weighted by molar-refractivity contribution is 5.84. The molecule has 1 aliphatic rings. The van der Waals surface area contributed by atoms with Gasteiger partial charge in [-0.15, -0.1) is 0 Å². The standard InChI is InChI=1S/C14H17NO3/c1-10(11-5-3-2-4-6-11)13(16)15-8-7-12(9-15)14(17)18/h2-6,10,12H,7-9H2,1H3,(H,17,18)/t10-,12?/m0/s1. The highest BCUT2D eigenvalue weighted by atomic mass is 16.4. The van der Waals surface area contributed by atoms with E-state index in [0.29, 0.717) is 19.5 Å². The van der Waals surface area contributed by atoms with Crippen molar-refractivity contribution >= 4 is 11.9 Å². The molecular formula is C14H17NO3. The maximum Gasteiger partial charge on any atom is 0.308 e. The van der Waals surface area contributed by atoms with Gasteiger partial charge in [0.25, 0.3) is 0 Å². The van der Waals surface area contributed by atoms with Crippen LogP contribution in [0.15, 0.2) is 30.3 Å². The molecule has 1 saturated heterocycles. The van der Waals surface area contributed by atoms with Crippen LogP contribution < -0.4 is 0 Å². The molecule has 0 aromatic heterocycles. The second kappa shape index (κ2) is 5.21. The van der Waals surface area contributed by atoms with Crippen molar-refractivity contribution in [2.45, 2.75) is 19.3 Å². The molecule has 1 aromatic rings. The van der Waals surface area contributed by atoms with Crippen LogP contribution in [0.3, 0.4) is 0 Å². The summed E-state index contributed by atoms with van der Waals surface area (Å²) >= 11 is 0. The minimum atomic E-state index is -0.808. The number of hydrogen-bond acceptors (Lipinski definition) is 2. The Morgan fingerprint density at radius 3 is 2.56 bits per heavy atom. The molecule has 4 heteroatoms. The van der Waals surface area contributed by atoms with Gasteiger partial charge in [-0.1, -0.05) is 30.3 Å². The van der Waals surface area contributed by atoms with Crippen LogP contribution in [-0.2, 0) is 9.59 Å². The number of carboxylic acids is 1.